The molecule has 3 aromatic rings. The SMILES string of the molecule is CC(C)(C)OC(=O)N1CC=C(c2cc(Oc3ccc(CC(=O)c4ccccc4)cc3)c(C(N)=O)cn2)C1. The number of nitrogens with two attached hydrogens (primary N) is 1. The lowest BCUT2D eigenvalue weighted by Crippen LogP contribution is -2.35. The third kappa shape index (κ3) is 6.61. The molecule has 0 bridgehead atoms. The summed E-state index contributed by atoms with van der Waals surface area (Å²) in [6.07, 6.45) is 3.11. The summed E-state index contributed by atoms with van der Waals surface area (Å²) in [4.78, 5) is 42.8. The van der Waals surface area contributed by atoms with Crippen molar-refractivity contribution >= 4 is 23.4 Å². The second-order valence-corrected chi connectivity index (χ2v) is 9.73. The molecule has 2 aromatic carbocycles. The smallest absolute Gasteiger partial charge is 0.410 e. The molecule has 2 amide bonds. The number of carbonyl (C=O) groups is 3. The fraction of sp³-hybridized carbons (Fsp3) is 0.241. The van der Waals surface area contributed by atoms with E-state index in [-0.39, 0.29) is 23.5 Å². The van der Waals surface area contributed by atoms with Gasteiger partial charge in [-0.2, -0.15) is 0 Å². The molecule has 0 atom stereocenters. The molecule has 0 aliphatic carbocycles. The van der Waals surface area contributed by atoms with Gasteiger partial charge in [0.15, 0.2) is 5.78 Å². The maximum absolute atomic E-state index is 12.5. The highest BCUT2D eigenvalue weighted by Crippen LogP contribution is 2.30. The first-order valence-corrected chi connectivity index (χ1v) is 11.9. The van der Waals surface area contributed by atoms with Gasteiger partial charge < -0.3 is 20.1 Å². The number of ether oxygens (including phenoxy) is 2. The van der Waals surface area contributed by atoms with Crippen molar-refractivity contribution in [3.63, 3.8) is 0 Å². The molecule has 1 aliphatic rings. The van der Waals surface area contributed by atoms with E-state index in [4.69, 9.17) is 15.2 Å². The zero-order valence-corrected chi connectivity index (χ0v) is 21.1. The summed E-state index contributed by atoms with van der Waals surface area (Å²) in [6.45, 7) is 6.16. The van der Waals surface area contributed by atoms with Crippen molar-refractivity contribution in [1.82, 2.24) is 9.88 Å². The fourth-order valence-corrected chi connectivity index (χ4v) is 3.80. The Bertz CT molecular complexity index is 1340. The van der Waals surface area contributed by atoms with Crippen LogP contribution in [-0.4, -0.2) is 46.4 Å². The molecule has 37 heavy (non-hydrogen) atoms. The van der Waals surface area contributed by atoms with Gasteiger partial charge in [0.1, 0.15) is 22.7 Å². The maximum atomic E-state index is 12.5. The number of aromatic nitrogens is 1. The van der Waals surface area contributed by atoms with Gasteiger partial charge in [-0.25, -0.2) is 4.79 Å². The number of nitrogens with zero attached hydrogens (tertiary/aromatic N) is 2. The van der Waals surface area contributed by atoms with Gasteiger partial charge in [-0.15, -0.1) is 0 Å². The van der Waals surface area contributed by atoms with Gasteiger partial charge in [0.2, 0.25) is 0 Å². The Morgan fingerprint density at radius 3 is 2.38 bits per heavy atom. The highest BCUT2D eigenvalue weighted by Gasteiger charge is 2.27. The number of rotatable bonds is 7. The van der Waals surface area contributed by atoms with Crippen LogP contribution in [0.4, 0.5) is 4.79 Å². The molecule has 1 aliphatic heterocycles. The maximum Gasteiger partial charge on any atom is 0.410 e. The second-order valence-electron chi connectivity index (χ2n) is 9.73. The van der Waals surface area contributed by atoms with E-state index < -0.39 is 17.6 Å². The lowest BCUT2D eigenvalue weighted by atomic mass is 10.0. The summed E-state index contributed by atoms with van der Waals surface area (Å²) in [5.41, 5.74) is 7.96. The minimum atomic E-state index is -0.671. The van der Waals surface area contributed by atoms with Crippen LogP contribution in [0.1, 0.15) is 52.7 Å². The van der Waals surface area contributed by atoms with Crippen LogP contribution in [0.25, 0.3) is 5.57 Å². The number of hydrogen-bond acceptors (Lipinski definition) is 6. The molecule has 2 N–H and O–H groups in total. The Hall–Kier alpha value is -4.46. The standard InChI is InChI=1S/C29H29N3O5/c1-29(2,3)37-28(35)32-14-13-21(18-32)24-16-26(23(17-31-24)27(30)34)36-22-11-9-19(10-12-22)15-25(33)20-7-5-4-6-8-20/h4-13,16-17H,14-15,18H2,1-3H3,(H2,30,34). The average Bonchev–Trinajstić information content (AvgIpc) is 3.35. The van der Waals surface area contributed by atoms with Crippen molar-refractivity contribution in [1.29, 1.82) is 0 Å². The lowest BCUT2D eigenvalue weighted by Gasteiger charge is -2.24. The Kier molecular flexibility index (Phi) is 7.38. The van der Waals surface area contributed by atoms with E-state index in [1.807, 2.05) is 45.0 Å². The fourth-order valence-electron chi connectivity index (χ4n) is 3.80. The number of benzene rings is 2. The van der Waals surface area contributed by atoms with Gasteiger partial charge in [-0.3, -0.25) is 14.6 Å². The minimum Gasteiger partial charge on any atom is -0.456 e. The van der Waals surface area contributed by atoms with Crippen LogP contribution >= 0.6 is 0 Å². The molecule has 0 spiro atoms. The van der Waals surface area contributed by atoms with E-state index in [1.54, 1.807) is 47.4 Å². The molecule has 4 rings (SSSR count). The number of Topliss-reactive ketones (excluding diaryl/α,β-unsaturated/α-hetero) is 1. The van der Waals surface area contributed by atoms with E-state index in [9.17, 15) is 14.4 Å². The Balaban J connectivity index is 1.47. The van der Waals surface area contributed by atoms with E-state index >= 15 is 0 Å². The molecule has 0 radical (unpaired) electrons. The van der Waals surface area contributed by atoms with E-state index in [0.29, 0.717) is 30.1 Å². The van der Waals surface area contributed by atoms with Crippen LogP contribution in [-0.2, 0) is 11.2 Å². The molecule has 8 heteroatoms. The predicted molar refractivity (Wildman–Crippen MR) is 140 cm³/mol. The predicted octanol–water partition coefficient (Wildman–Crippen LogP) is 5.03. The third-order valence-electron chi connectivity index (χ3n) is 5.64. The number of primary amides is 1. The number of pyridine rings is 1. The van der Waals surface area contributed by atoms with Crippen molar-refractivity contribution in [3.8, 4) is 11.5 Å². The van der Waals surface area contributed by atoms with Crippen molar-refractivity contribution in [2.75, 3.05) is 13.1 Å². The Morgan fingerprint density at radius 1 is 1.03 bits per heavy atom. The molecular weight excluding hydrogens is 470 g/mol. The van der Waals surface area contributed by atoms with Crippen molar-refractivity contribution in [2.24, 2.45) is 5.73 Å². The van der Waals surface area contributed by atoms with Crippen LogP contribution in [0.2, 0.25) is 0 Å². The molecule has 2 heterocycles. The van der Waals surface area contributed by atoms with Gasteiger partial charge in [-0.05, 0) is 44.0 Å². The normalized spacial score (nSPS) is 13.2. The van der Waals surface area contributed by atoms with Gasteiger partial charge in [-0.1, -0.05) is 48.5 Å². The monoisotopic (exact) mass is 499 g/mol. The average molecular weight is 500 g/mol. The largest absolute Gasteiger partial charge is 0.456 e. The lowest BCUT2D eigenvalue weighted by molar-refractivity contribution is 0.0306. The summed E-state index contributed by atoms with van der Waals surface area (Å²) >= 11 is 0. The van der Waals surface area contributed by atoms with Gasteiger partial charge >= 0.3 is 6.09 Å². The van der Waals surface area contributed by atoms with Crippen LogP contribution in [0.3, 0.4) is 0 Å². The summed E-state index contributed by atoms with van der Waals surface area (Å²) < 4.78 is 11.4. The van der Waals surface area contributed by atoms with Crippen molar-refractivity contribution < 1.29 is 23.9 Å². The first kappa shape index (κ1) is 25.6. The highest BCUT2D eigenvalue weighted by molar-refractivity contribution is 5.97. The van der Waals surface area contributed by atoms with Gasteiger partial charge in [0, 0.05) is 30.8 Å². The highest BCUT2D eigenvalue weighted by atomic mass is 16.6. The van der Waals surface area contributed by atoms with Crippen LogP contribution < -0.4 is 10.5 Å². The molecule has 0 fully saturated rings. The van der Waals surface area contributed by atoms with Gasteiger partial charge in [0.25, 0.3) is 5.91 Å². The number of amides is 2. The Morgan fingerprint density at radius 2 is 1.73 bits per heavy atom. The molecule has 0 unspecified atom stereocenters. The van der Waals surface area contributed by atoms with Crippen LogP contribution in [0.15, 0.2) is 72.9 Å². The minimum absolute atomic E-state index is 0.0225. The van der Waals surface area contributed by atoms with Crippen molar-refractivity contribution in [3.05, 3.63) is 95.3 Å². The molecular formula is C29H29N3O5. The van der Waals surface area contributed by atoms with Crippen molar-refractivity contribution in [2.45, 2.75) is 32.8 Å². The van der Waals surface area contributed by atoms with E-state index in [2.05, 4.69) is 4.98 Å². The molecule has 190 valence electrons. The third-order valence-corrected chi connectivity index (χ3v) is 5.64. The zero-order valence-electron chi connectivity index (χ0n) is 21.1. The Labute approximate surface area is 215 Å². The van der Waals surface area contributed by atoms with Gasteiger partial charge in [0.05, 0.1) is 12.2 Å². The molecule has 8 nitrogen and oxygen atoms in total. The van der Waals surface area contributed by atoms with E-state index in [0.717, 1.165) is 11.1 Å². The first-order chi connectivity index (χ1) is 17.6. The number of hydrogen-bond donors (Lipinski definition) is 1. The molecule has 0 saturated carbocycles. The first-order valence-electron chi connectivity index (χ1n) is 11.9. The quantitative estimate of drug-likeness (QED) is 0.456. The number of ketones is 1. The molecule has 0 saturated heterocycles. The summed E-state index contributed by atoms with van der Waals surface area (Å²) in [5.74, 6) is 0.0813. The van der Waals surface area contributed by atoms with E-state index in [1.165, 1.54) is 6.20 Å². The second kappa shape index (κ2) is 10.7. The van der Waals surface area contributed by atoms with Crippen LogP contribution in [0.5, 0.6) is 11.5 Å². The summed E-state index contributed by atoms with van der Waals surface area (Å²) in [5, 5.41) is 0. The summed E-state index contributed by atoms with van der Waals surface area (Å²) in [7, 11) is 0. The zero-order chi connectivity index (χ0) is 26.6. The number of carbonyl (C=O) groups excluding carboxylic acids is 3. The summed E-state index contributed by atoms with van der Waals surface area (Å²) in [6, 6.07) is 17.8. The molecule has 1 aromatic heterocycles. The van der Waals surface area contributed by atoms with Crippen LogP contribution in [0, 0.1) is 0 Å². The topological polar surface area (TPSA) is 112 Å².